The Morgan fingerprint density at radius 3 is 2.43 bits per heavy atom. The molecule has 0 aromatic carbocycles. The zero-order valence-corrected chi connectivity index (χ0v) is 17.4. The van der Waals surface area contributed by atoms with Gasteiger partial charge in [-0.15, -0.1) is 0 Å². The smallest absolute Gasteiger partial charge is 0.245 e. The predicted molar refractivity (Wildman–Crippen MR) is 105 cm³/mol. The number of aliphatic hydroxyl groups excluding tert-OH is 1. The van der Waals surface area contributed by atoms with Crippen molar-refractivity contribution in [3.05, 3.63) is 0 Å². The number of carbonyl (C=O) groups is 3. The predicted octanol–water partition coefficient (Wildman–Crippen LogP) is -1.07. The lowest BCUT2D eigenvalue weighted by Gasteiger charge is -2.31. The number of ether oxygens (including phenoxy) is 1. The molecule has 1 heterocycles. The summed E-state index contributed by atoms with van der Waals surface area (Å²) in [5.41, 5.74) is 5.55. The summed E-state index contributed by atoms with van der Waals surface area (Å²) >= 11 is 0. The van der Waals surface area contributed by atoms with Gasteiger partial charge in [-0.2, -0.15) is 0 Å². The number of Topliss-reactive ketones (excluding diaryl/α,β-unsaturated/α-hetero) is 1. The Morgan fingerprint density at radius 2 is 1.89 bits per heavy atom. The normalized spacial score (nSPS) is 23.0. The number of carbonyl (C=O) groups excluding carboxylic acids is 3. The SMILES string of the molecule is CCC(=O)[C@H](CN)NC(=O)[C@@H](NC(=O)C1CNCC(OCC(C)C)C1)[C@H](C)O. The van der Waals surface area contributed by atoms with E-state index in [0.717, 1.165) is 0 Å². The molecule has 28 heavy (non-hydrogen) atoms. The number of hydrogen-bond acceptors (Lipinski definition) is 7. The van der Waals surface area contributed by atoms with Gasteiger partial charge in [-0.3, -0.25) is 14.4 Å². The van der Waals surface area contributed by atoms with Crippen LogP contribution in [0.5, 0.6) is 0 Å². The van der Waals surface area contributed by atoms with Crippen molar-refractivity contribution < 1.29 is 24.2 Å². The maximum absolute atomic E-state index is 12.7. The van der Waals surface area contributed by atoms with E-state index in [9.17, 15) is 19.5 Å². The standard InChI is InChI=1S/C19H36N4O5/c1-5-16(25)15(7-20)22-19(27)17(12(4)24)23-18(26)13-6-14(9-21-8-13)28-10-11(2)3/h11-15,17,21,24H,5-10,20H2,1-4H3,(H,22,27)(H,23,26)/t12-,13?,14?,15-,17-/m0/s1. The maximum Gasteiger partial charge on any atom is 0.245 e. The van der Waals surface area contributed by atoms with Crippen LogP contribution in [0.25, 0.3) is 0 Å². The first kappa shape index (κ1) is 24.5. The number of nitrogens with two attached hydrogens (primary N) is 1. The van der Waals surface area contributed by atoms with Crippen LogP contribution in [0, 0.1) is 11.8 Å². The Hall–Kier alpha value is -1.55. The van der Waals surface area contributed by atoms with E-state index in [2.05, 4.69) is 29.8 Å². The average Bonchev–Trinajstić information content (AvgIpc) is 2.67. The molecule has 2 amide bonds. The third kappa shape index (κ3) is 7.83. The molecule has 0 aromatic heterocycles. The minimum Gasteiger partial charge on any atom is -0.391 e. The summed E-state index contributed by atoms with van der Waals surface area (Å²) in [6.45, 7) is 8.94. The van der Waals surface area contributed by atoms with E-state index in [4.69, 9.17) is 10.5 Å². The average molecular weight is 401 g/mol. The molecule has 6 N–H and O–H groups in total. The lowest BCUT2D eigenvalue weighted by molar-refractivity contribution is -0.136. The molecule has 9 heteroatoms. The highest BCUT2D eigenvalue weighted by atomic mass is 16.5. The number of aliphatic hydroxyl groups is 1. The van der Waals surface area contributed by atoms with Crippen molar-refractivity contribution in [2.24, 2.45) is 17.6 Å². The molecule has 5 atom stereocenters. The molecular formula is C19H36N4O5. The topological polar surface area (TPSA) is 143 Å². The van der Waals surface area contributed by atoms with Crippen molar-refractivity contribution in [1.29, 1.82) is 0 Å². The van der Waals surface area contributed by atoms with Gasteiger partial charge in [-0.25, -0.2) is 0 Å². The minimum absolute atomic E-state index is 0.0414. The molecule has 0 aliphatic carbocycles. The first-order chi connectivity index (χ1) is 13.2. The van der Waals surface area contributed by atoms with Crippen molar-refractivity contribution in [2.45, 2.75) is 64.8 Å². The van der Waals surface area contributed by atoms with Gasteiger partial charge in [-0.05, 0) is 19.3 Å². The summed E-state index contributed by atoms with van der Waals surface area (Å²) in [5, 5.41) is 18.3. The van der Waals surface area contributed by atoms with Crippen LogP contribution in [0.4, 0.5) is 0 Å². The molecule has 0 spiro atoms. The van der Waals surface area contributed by atoms with E-state index >= 15 is 0 Å². The van der Waals surface area contributed by atoms with E-state index in [0.29, 0.717) is 32.0 Å². The van der Waals surface area contributed by atoms with Gasteiger partial charge < -0.3 is 31.5 Å². The Labute approximate surface area is 167 Å². The molecule has 0 aromatic rings. The van der Waals surface area contributed by atoms with E-state index in [1.54, 1.807) is 6.92 Å². The van der Waals surface area contributed by atoms with Gasteiger partial charge in [0.25, 0.3) is 0 Å². The summed E-state index contributed by atoms with van der Waals surface area (Å²) in [5.74, 6) is -1.14. The summed E-state index contributed by atoms with van der Waals surface area (Å²) in [4.78, 5) is 37.0. The summed E-state index contributed by atoms with van der Waals surface area (Å²) in [6, 6.07) is -2.00. The fraction of sp³-hybridized carbons (Fsp3) is 0.842. The van der Waals surface area contributed by atoms with E-state index in [1.165, 1.54) is 6.92 Å². The third-order valence-electron chi connectivity index (χ3n) is 4.70. The Morgan fingerprint density at radius 1 is 1.21 bits per heavy atom. The lowest BCUT2D eigenvalue weighted by atomic mass is 9.95. The number of amides is 2. The van der Waals surface area contributed by atoms with Crippen molar-refractivity contribution in [3.63, 3.8) is 0 Å². The van der Waals surface area contributed by atoms with Crippen molar-refractivity contribution >= 4 is 17.6 Å². The molecule has 1 fully saturated rings. The summed E-state index contributed by atoms with van der Waals surface area (Å²) in [7, 11) is 0. The van der Waals surface area contributed by atoms with Gasteiger partial charge >= 0.3 is 0 Å². The Balaban J connectivity index is 2.68. The van der Waals surface area contributed by atoms with Crippen LogP contribution < -0.4 is 21.7 Å². The van der Waals surface area contributed by atoms with Crippen LogP contribution in [0.2, 0.25) is 0 Å². The van der Waals surface area contributed by atoms with Gasteiger partial charge in [0.1, 0.15) is 6.04 Å². The van der Waals surface area contributed by atoms with Gasteiger partial charge in [0.15, 0.2) is 5.78 Å². The van der Waals surface area contributed by atoms with Crippen LogP contribution in [0.1, 0.15) is 40.5 Å². The van der Waals surface area contributed by atoms with Gasteiger partial charge in [-0.1, -0.05) is 20.8 Å². The van der Waals surface area contributed by atoms with Crippen molar-refractivity contribution in [1.82, 2.24) is 16.0 Å². The van der Waals surface area contributed by atoms with Crippen LogP contribution in [0.3, 0.4) is 0 Å². The molecule has 1 rings (SSSR count). The second kappa shape index (κ2) is 12.1. The molecule has 2 unspecified atom stereocenters. The van der Waals surface area contributed by atoms with E-state index in [1.807, 2.05) is 0 Å². The highest BCUT2D eigenvalue weighted by molar-refractivity contribution is 5.93. The fourth-order valence-electron chi connectivity index (χ4n) is 3.01. The molecule has 1 saturated heterocycles. The largest absolute Gasteiger partial charge is 0.391 e. The molecule has 0 saturated carbocycles. The third-order valence-corrected chi connectivity index (χ3v) is 4.70. The Bertz CT molecular complexity index is 526. The fourth-order valence-corrected chi connectivity index (χ4v) is 3.01. The monoisotopic (exact) mass is 400 g/mol. The maximum atomic E-state index is 12.7. The van der Waals surface area contributed by atoms with Gasteiger partial charge in [0, 0.05) is 32.7 Å². The second-order valence-electron chi connectivity index (χ2n) is 7.78. The molecule has 162 valence electrons. The molecule has 1 aliphatic rings. The van der Waals surface area contributed by atoms with Crippen LogP contribution in [-0.4, -0.2) is 73.2 Å². The number of nitrogens with one attached hydrogen (secondary N) is 3. The van der Waals surface area contributed by atoms with Crippen molar-refractivity contribution in [3.8, 4) is 0 Å². The van der Waals surface area contributed by atoms with Crippen LogP contribution >= 0.6 is 0 Å². The number of piperidine rings is 1. The molecule has 9 nitrogen and oxygen atoms in total. The van der Waals surface area contributed by atoms with E-state index < -0.39 is 24.1 Å². The number of rotatable bonds is 11. The zero-order chi connectivity index (χ0) is 21.3. The molecule has 0 bridgehead atoms. The number of ketones is 1. The summed E-state index contributed by atoms with van der Waals surface area (Å²) in [6.07, 6.45) is -0.420. The first-order valence-corrected chi connectivity index (χ1v) is 10.0. The number of hydrogen-bond donors (Lipinski definition) is 5. The van der Waals surface area contributed by atoms with Gasteiger partial charge in [0.05, 0.1) is 24.2 Å². The lowest BCUT2D eigenvalue weighted by Crippen LogP contribution is -2.59. The van der Waals surface area contributed by atoms with Crippen LogP contribution in [0.15, 0.2) is 0 Å². The highest BCUT2D eigenvalue weighted by Gasteiger charge is 2.33. The first-order valence-electron chi connectivity index (χ1n) is 10.0. The zero-order valence-electron chi connectivity index (χ0n) is 17.4. The van der Waals surface area contributed by atoms with Crippen LogP contribution in [-0.2, 0) is 19.1 Å². The van der Waals surface area contributed by atoms with Crippen molar-refractivity contribution in [2.75, 3.05) is 26.2 Å². The second-order valence-corrected chi connectivity index (χ2v) is 7.78. The molecule has 0 radical (unpaired) electrons. The Kier molecular flexibility index (Phi) is 10.6. The van der Waals surface area contributed by atoms with E-state index in [-0.39, 0.29) is 36.7 Å². The highest BCUT2D eigenvalue weighted by Crippen LogP contribution is 2.15. The van der Waals surface area contributed by atoms with Gasteiger partial charge in [0.2, 0.25) is 11.8 Å². The summed E-state index contributed by atoms with van der Waals surface area (Å²) < 4.78 is 5.81. The molecular weight excluding hydrogens is 364 g/mol. The quantitative estimate of drug-likeness (QED) is 0.297. The molecule has 1 aliphatic heterocycles. The minimum atomic E-state index is -1.16.